The van der Waals surface area contributed by atoms with Crippen molar-refractivity contribution in [1.29, 1.82) is 0 Å². The van der Waals surface area contributed by atoms with Crippen molar-refractivity contribution in [3.8, 4) is 0 Å². The molecule has 1 N–H and O–H groups in total. The highest BCUT2D eigenvalue weighted by Gasteiger charge is 2.15. The number of amides is 1. The summed E-state index contributed by atoms with van der Waals surface area (Å²) in [4.78, 5) is 12.0. The van der Waals surface area contributed by atoms with Gasteiger partial charge < -0.3 is 5.32 Å². The zero-order valence-corrected chi connectivity index (χ0v) is 11.4. The number of rotatable bonds is 3. The Morgan fingerprint density at radius 2 is 1.95 bits per heavy atom. The lowest BCUT2D eigenvalue weighted by molar-refractivity contribution is 0.0939. The van der Waals surface area contributed by atoms with Gasteiger partial charge in [0.1, 0.15) is 11.6 Å². The Hall–Kier alpha value is -1.94. The third-order valence-corrected chi connectivity index (χ3v) is 3.10. The molecule has 2 rings (SSSR count). The molecule has 1 atom stereocenters. The van der Waals surface area contributed by atoms with Crippen molar-refractivity contribution in [3.05, 3.63) is 70.2 Å². The minimum absolute atomic E-state index is 0.224. The molecule has 0 aliphatic heterocycles. The maximum atomic E-state index is 13.6. The van der Waals surface area contributed by atoms with Gasteiger partial charge in [-0.15, -0.1) is 0 Å². The Balaban J connectivity index is 2.15. The number of halogens is 3. The summed E-state index contributed by atoms with van der Waals surface area (Å²) in [6.45, 7) is 1.62. The molecule has 2 aromatic rings. The summed E-state index contributed by atoms with van der Waals surface area (Å²) >= 11 is 5.80. The second-order valence-corrected chi connectivity index (χ2v) is 4.81. The second kappa shape index (κ2) is 6.01. The molecule has 0 heterocycles. The fourth-order valence-electron chi connectivity index (χ4n) is 1.84. The largest absolute Gasteiger partial charge is 0.345 e. The number of hydrogen-bond donors (Lipinski definition) is 1. The summed E-state index contributed by atoms with van der Waals surface area (Å²) < 4.78 is 26.4. The van der Waals surface area contributed by atoms with Crippen molar-refractivity contribution in [3.63, 3.8) is 0 Å². The van der Waals surface area contributed by atoms with Crippen LogP contribution in [0, 0.1) is 11.6 Å². The minimum atomic E-state index is -0.691. The Labute approximate surface area is 120 Å². The van der Waals surface area contributed by atoms with E-state index in [0.29, 0.717) is 10.6 Å². The first kappa shape index (κ1) is 14.5. The summed E-state index contributed by atoms with van der Waals surface area (Å²) in [6.07, 6.45) is 0. The van der Waals surface area contributed by atoms with Gasteiger partial charge in [-0.3, -0.25) is 4.79 Å². The van der Waals surface area contributed by atoms with E-state index in [0.717, 1.165) is 12.1 Å². The average Bonchev–Trinajstić information content (AvgIpc) is 2.38. The van der Waals surface area contributed by atoms with Crippen LogP contribution in [-0.4, -0.2) is 5.91 Å². The maximum absolute atomic E-state index is 13.6. The van der Waals surface area contributed by atoms with E-state index in [2.05, 4.69) is 5.32 Å². The van der Waals surface area contributed by atoms with Gasteiger partial charge in [0.05, 0.1) is 6.04 Å². The lowest BCUT2D eigenvalue weighted by atomic mass is 10.1. The maximum Gasteiger partial charge on any atom is 0.251 e. The highest BCUT2D eigenvalue weighted by Crippen LogP contribution is 2.18. The quantitative estimate of drug-likeness (QED) is 0.907. The molecule has 1 amide bonds. The topological polar surface area (TPSA) is 29.1 Å². The first-order valence-electron chi connectivity index (χ1n) is 5.99. The van der Waals surface area contributed by atoms with Gasteiger partial charge in [0, 0.05) is 22.2 Å². The van der Waals surface area contributed by atoms with Gasteiger partial charge in [-0.25, -0.2) is 8.78 Å². The van der Waals surface area contributed by atoms with Crippen LogP contribution in [0.5, 0.6) is 0 Å². The van der Waals surface area contributed by atoms with E-state index in [4.69, 9.17) is 11.6 Å². The summed E-state index contributed by atoms with van der Waals surface area (Å²) in [5.74, 6) is -1.72. The molecule has 0 spiro atoms. The first-order valence-corrected chi connectivity index (χ1v) is 6.36. The summed E-state index contributed by atoms with van der Waals surface area (Å²) in [7, 11) is 0. The van der Waals surface area contributed by atoms with E-state index in [-0.39, 0.29) is 11.5 Å². The molecule has 0 radical (unpaired) electrons. The van der Waals surface area contributed by atoms with E-state index < -0.39 is 17.7 Å². The molecule has 5 heteroatoms. The van der Waals surface area contributed by atoms with Gasteiger partial charge in [-0.05, 0) is 31.2 Å². The van der Waals surface area contributed by atoms with Crippen molar-refractivity contribution >= 4 is 17.5 Å². The fourth-order valence-corrected chi connectivity index (χ4v) is 2.03. The van der Waals surface area contributed by atoms with Crippen LogP contribution in [0.3, 0.4) is 0 Å². The number of nitrogens with one attached hydrogen (secondary N) is 1. The van der Waals surface area contributed by atoms with Gasteiger partial charge in [0.25, 0.3) is 5.91 Å². The van der Waals surface area contributed by atoms with Gasteiger partial charge in [-0.1, -0.05) is 23.7 Å². The molecule has 0 saturated heterocycles. The van der Waals surface area contributed by atoms with Gasteiger partial charge >= 0.3 is 0 Å². The van der Waals surface area contributed by atoms with Crippen molar-refractivity contribution in [1.82, 2.24) is 5.32 Å². The predicted octanol–water partition coefficient (Wildman–Crippen LogP) is 4.11. The molecule has 2 nitrogen and oxygen atoms in total. The average molecular weight is 296 g/mol. The normalized spacial score (nSPS) is 12.0. The van der Waals surface area contributed by atoms with Crippen LogP contribution in [0.15, 0.2) is 42.5 Å². The highest BCUT2D eigenvalue weighted by atomic mass is 35.5. The van der Waals surface area contributed by atoms with E-state index in [9.17, 15) is 13.6 Å². The molecule has 0 aromatic heterocycles. The monoisotopic (exact) mass is 295 g/mol. The van der Waals surface area contributed by atoms with Crippen molar-refractivity contribution in [2.45, 2.75) is 13.0 Å². The van der Waals surface area contributed by atoms with Gasteiger partial charge in [0.15, 0.2) is 0 Å². The number of carbonyl (C=O) groups excluding carboxylic acids is 1. The lowest BCUT2D eigenvalue weighted by Crippen LogP contribution is -2.27. The van der Waals surface area contributed by atoms with Crippen LogP contribution in [-0.2, 0) is 0 Å². The molecule has 0 aliphatic rings. The number of benzene rings is 2. The van der Waals surface area contributed by atoms with Crippen LogP contribution in [0.2, 0.25) is 5.02 Å². The van der Waals surface area contributed by atoms with Gasteiger partial charge in [0.2, 0.25) is 0 Å². The minimum Gasteiger partial charge on any atom is -0.345 e. The molecule has 0 bridgehead atoms. The summed E-state index contributed by atoms with van der Waals surface area (Å²) in [5.41, 5.74) is 0.605. The first-order chi connectivity index (χ1) is 9.47. The Morgan fingerprint density at radius 3 is 2.60 bits per heavy atom. The Kier molecular flexibility index (Phi) is 4.35. The van der Waals surface area contributed by atoms with E-state index in [1.54, 1.807) is 25.1 Å². The summed E-state index contributed by atoms with van der Waals surface area (Å²) in [5, 5.41) is 3.08. The molecule has 0 aliphatic carbocycles. The molecule has 0 fully saturated rings. The molecular formula is C15H12ClF2NO. The lowest BCUT2D eigenvalue weighted by Gasteiger charge is -2.15. The van der Waals surface area contributed by atoms with Crippen molar-refractivity contribution < 1.29 is 13.6 Å². The fraction of sp³-hybridized carbons (Fsp3) is 0.133. The third-order valence-electron chi connectivity index (χ3n) is 2.86. The van der Waals surface area contributed by atoms with Crippen LogP contribution in [0.1, 0.15) is 28.9 Å². The standard InChI is InChI=1S/C15H12ClF2NO/c1-9(13-6-5-12(17)8-14(13)18)19-15(20)10-3-2-4-11(16)7-10/h2-9H,1H3,(H,19,20). The zero-order valence-electron chi connectivity index (χ0n) is 10.7. The molecule has 104 valence electrons. The van der Waals surface area contributed by atoms with Crippen molar-refractivity contribution in [2.24, 2.45) is 0 Å². The summed E-state index contributed by atoms with van der Waals surface area (Å²) in [6, 6.07) is 9.11. The number of hydrogen-bond acceptors (Lipinski definition) is 1. The second-order valence-electron chi connectivity index (χ2n) is 4.37. The van der Waals surface area contributed by atoms with Crippen LogP contribution in [0.4, 0.5) is 8.78 Å². The molecule has 0 saturated carbocycles. The Morgan fingerprint density at radius 1 is 1.20 bits per heavy atom. The smallest absolute Gasteiger partial charge is 0.251 e. The van der Waals surface area contributed by atoms with Crippen LogP contribution >= 0.6 is 11.6 Å². The predicted molar refractivity (Wildman–Crippen MR) is 73.7 cm³/mol. The van der Waals surface area contributed by atoms with Crippen LogP contribution in [0.25, 0.3) is 0 Å². The van der Waals surface area contributed by atoms with Gasteiger partial charge in [-0.2, -0.15) is 0 Å². The molecule has 2 aromatic carbocycles. The highest BCUT2D eigenvalue weighted by molar-refractivity contribution is 6.30. The molecule has 1 unspecified atom stereocenters. The van der Waals surface area contributed by atoms with E-state index in [1.165, 1.54) is 12.1 Å². The van der Waals surface area contributed by atoms with E-state index >= 15 is 0 Å². The SMILES string of the molecule is CC(NC(=O)c1cccc(Cl)c1)c1ccc(F)cc1F. The van der Waals surface area contributed by atoms with Crippen LogP contribution < -0.4 is 5.32 Å². The molecule has 20 heavy (non-hydrogen) atoms. The van der Waals surface area contributed by atoms with Crippen molar-refractivity contribution in [2.75, 3.05) is 0 Å². The van der Waals surface area contributed by atoms with E-state index in [1.807, 2.05) is 0 Å². The zero-order chi connectivity index (χ0) is 14.7. The number of carbonyl (C=O) groups is 1. The Bertz CT molecular complexity index is 646. The third kappa shape index (κ3) is 3.33. The molecular weight excluding hydrogens is 284 g/mol.